The van der Waals surface area contributed by atoms with E-state index in [1.54, 1.807) is 0 Å². The highest BCUT2D eigenvalue weighted by Gasteiger charge is 2.06. The van der Waals surface area contributed by atoms with Crippen molar-refractivity contribution in [2.24, 2.45) is 0 Å². The Kier molecular flexibility index (Phi) is 9.09. The number of rotatable bonds is 12. The minimum Gasteiger partial charge on any atom is -0.347 e. The molecule has 1 heterocycles. The SMILES string of the molecule is CCCCCC(=O)Nc1ccc2ccn(CCCCCCCBr)c2c1. The molecule has 1 aromatic heterocycles. The smallest absolute Gasteiger partial charge is 0.224 e. The Bertz CT molecular complexity index is 650. The van der Waals surface area contributed by atoms with Crippen molar-refractivity contribution in [2.45, 2.75) is 71.3 Å². The van der Waals surface area contributed by atoms with Crippen LogP contribution in [0.4, 0.5) is 5.69 Å². The van der Waals surface area contributed by atoms with Crippen molar-refractivity contribution in [1.29, 1.82) is 0 Å². The molecule has 0 atom stereocenters. The summed E-state index contributed by atoms with van der Waals surface area (Å²) in [5.41, 5.74) is 2.12. The summed E-state index contributed by atoms with van der Waals surface area (Å²) in [7, 11) is 0. The van der Waals surface area contributed by atoms with Gasteiger partial charge in [0.2, 0.25) is 5.91 Å². The fourth-order valence-electron chi connectivity index (χ4n) is 3.12. The van der Waals surface area contributed by atoms with Crippen LogP contribution in [0.5, 0.6) is 0 Å². The lowest BCUT2D eigenvalue weighted by Gasteiger charge is -2.08. The number of alkyl halides is 1. The Hall–Kier alpha value is -1.29. The van der Waals surface area contributed by atoms with Gasteiger partial charge in [0.25, 0.3) is 0 Å². The Morgan fingerprint density at radius 2 is 1.84 bits per heavy atom. The van der Waals surface area contributed by atoms with Crippen LogP contribution in [0.15, 0.2) is 30.5 Å². The van der Waals surface area contributed by atoms with Crippen molar-refractivity contribution < 1.29 is 4.79 Å². The molecule has 0 unspecified atom stereocenters. The summed E-state index contributed by atoms with van der Waals surface area (Å²) < 4.78 is 2.31. The van der Waals surface area contributed by atoms with Crippen molar-refractivity contribution in [3.8, 4) is 0 Å². The molecule has 0 spiro atoms. The van der Waals surface area contributed by atoms with Crippen molar-refractivity contribution in [2.75, 3.05) is 10.6 Å². The summed E-state index contributed by atoms with van der Waals surface area (Å²) in [6.07, 6.45) is 12.4. The van der Waals surface area contributed by atoms with Crippen LogP contribution in [0.2, 0.25) is 0 Å². The van der Waals surface area contributed by atoms with Gasteiger partial charge < -0.3 is 9.88 Å². The van der Waals surface area contributed by atoms with E-state index in [0.29, 0.717) is 6.42 Å². The summed E-state index contributed by atoms with van der Waals surface area (Å²) in [6.45, 7) is 3.20. The number of benzene rings is 1. The third-order valence-electron chi connectivity index (χ3n) is 4.60. The number of hydrogen-bond donors (Lipinski definition) is 1. The lowest BCUT2D eigenvalue weighted by molar-refractivity contribution is -0.116. The number of nitrogens with zero attached hydrogens (tertiary/aromatic N) is 1. The summed E-state index contributed by atoms with van der Waals surface area (Å²) in [5.74, 6) is 0.123. The number of nitrogens with one attached hydrogen (secondary N) is 1. The number of carbonyl (C=O) groups is 1. The number of halogens is 1. The maximum atomic E-state index is 12.0. The highest BCUT2D eigenvalue weighted by molar-refractivity contribution is 9.09. The van der Waals surface area contributed by atoms with E-state index >= 15 is 0 Å². The molecular formula is C21H31BrN2O. The highest BCUT2D eigenvalue weighted by atomic mass is 79.9. The van der Waals surface area contributed by atoms with Gasteiger partial charge >= 0.3 is 0 Å². The molecule has 4 heteroatoms. The van der Waals surface area contributed by atoms with Gasteiger partial charge in [-0.3, -0.25) is 4.79 Å². The van der Waals surface area contributed by atoms with Gasteiger partial charge in [-0.05, 0) is 42.8 Å². The fourth-order valence-corrected chi connectivity index (χ4v) is 3.52. The predicted molar refractivity (Wildman–Crippen MR) is 112 cm³/mol. The van der Waals surface area contributed by atoms with Crippen LogP contribution in [-0.4, -0.2) is 15.8 Å². The van der Waals surface area contributed by atoms with E-state index in [-0.39, 0.29) is 5.91 Å². The van der Waals surface area contributed by atoms with Crippen LogP contribution in [0.1, 0.15) is 64.7 Å². The Morgan fingerprint density at radius 1 is 1.04 bits per heavy atom. The molecular weight excluding hydrogens is 376 g/mol. The van der Waals surface area contributed by atoms with Gasteiger partial charge in [0.1, 0.15) is 0 Å². The third kappa shape index (κ3) is 6.85. The van der Waals surface area contributed by atoms with E-state index in [2.05, 4.69) is 57.1 Å². The average molecular weight is 407 g/mol. The second-order valence-corrected chi connectivity index (χ2v) is 7.54. The Morgan fingerprint density at radius 3 is 2.64 bits per heavy atom. The molecule has 1 aromatic carbocycles. The molecule has 3 nitrogen and oxygen atoms in total. The molecule has 0 radical (unpaired) electrons. The van der Waals surface area contributed by atoms with Gasteiger partial charge in [0, 0.05) is 30.2 Å². The van der Waals surface area contributed by atoms with E-state index in [9.17, 15) is 4.79 Å². The largest absolute Gasteiger partial charge is 0.347 e. The van der Waals surface area contributed by atoms with Crippen LogP contribution >= 0.6 is 15.9 Å². The number of aryl methyl sites for hydroxylation is 1. The van der Waals surface area contributed by atoms with E-state index in [1.165, 1.54) is 43.0 Å². The zero-order valence-electron chi connectivity index (χ0n) is 15.4. The number of unbranched alkanes of at least 4 members (excludes halogenated alkanes) is 6. The van der Waals surface area contributed by atoms with Crippen LogP contribution in [-0.2, 0) is 11.3 Å². The first-order chi connectivity index (χ1) is 12.2. The Balaban J connectivity index is 1.88. The van der Waals surface area contributed by atoms with Crippen molar-refractivity contribution >= 4 is 38.4 Å². The first-order valence-electron chi connectivity index (χ1n) is 9.69. The predicted octanol–water partition coefficient (Wildman–Crippen LogP) is 6.51. The molecule has 0 saturated heterocycles. The zero-order valence-corrected chi connectivity index (χ0v) is 17.0. The molecule has 1 N–H and O–H groups in total. The lowest BCUT2D eigenvalue weighted by Crippen LogP contribution is -2.11. The number of aromatic nitrogens is 1. The van der Waals surface area contributed by atoms with Gasteiger partial charge in [-0.1, -0.05) is 61.0 Å². The molecule has 2 aromatic rings. The molecule has 0 fully saturated rings. The second-order valence-electron chi connectivity index (χ2n) is 6.74. The first kappa shape index (κ1) is 20.0. The van der Waals surface area contributed by atoms with Crippen molar-refractivity contribution in [3.63, 3.8) is 0 Å². The number of carbonyl (C=O) groups excluding carboxylic acids is 1. The maximum absolute atomic E-state index is 12.0. The topological polar surface area (TPSA) is 34.0 Å². The normalized spacial score (nSPS) is 11.1. The summed E-state index contributed by atoms with van der Waals surface area (Å²) in [5, 5.41) is 5.40. The monoisotopic (exact) mass is 406 g/mol. The minimum absolute atomic E-state index is 0.123. The number of fused-ring (bicyclic) bond motifs is 1. The Labute approximate surface area is 160 Å². The molecule has 138 valence electrons. The van der Waals surface area contributed by atoms with E-state index in [0.717, 1.165) is 36.8 Å². The number of hydrogen-bond acceptors (Lipinski definition) is 1. The van der Waals surface area contributed by atoms with Crippen molar-refractivity contribution in [3.05, 3.63) is 30.5 Å². The zero-order chi connectivity index (χ0) is 17.9. The van der Waals surface area contributed by atoms with Gasteiger partial charge in [-0.15, -0.1) is 0 Å². The van der Waals surface area contributed by atoms with Gasteiger partial charge in [-0.2, -0.15) is 0 Å². The number of amides is 1. The average Bonchev–Trinajstić information content (AvgIpc) is 3.00. The van der Waals surface area contributed by atoms with Crippen LogP contribution in [0.3, 0.4) is 0 Å². The van der Waals surface area contributed by atoms with Crippen LogP contribution in [0, 0.1) is 0 Å². The quantitative estimate of drug-likeness (QED) is 0.316. The molecule has 0 saturated carbocycles. The van der Waals surface area contributed by atoms with Gasteiger partial charge in [0.15, 0.2) is 0 Å². The molecule has 25 heavy (non-hydrogen) atoms. The second kappa shape index (κ2) is 11.3. The summed E-state index contributed by atoms with van der Waals surface area (Å²) in [4.78, 5) is 12.0. The van der Waals surface area contributed by atoms with Gasteiger partial charge in [0.05, 0.1) is 5.52 Å². The van der Waals surface area contributed by atoms with Crippen LogP contribution < -0.4 is 5.32 Å². The van der Waals surface area contributed by atoms with E-state index in [1.807, 2.05) is 6.07 Å². The summed E-state index contributed by atoms with van der Waals surface area (Å²) >= 11 is 3.48. The van der Waals surface area contributed by atoms with Crippen molar-refractivity contribution in [1.82, 2.24) is 4.57 Å². The molecule has 0 aliphatic rings. The third-order valence-corrected chi connectivity index (χ3v) is 5.16. The van der Waals surface area contributed by atoms with Gasteiger partial charge in [-0.25, -0.2) is 0 Å². The fraction of sp³-hybridized carbons (Fsp3) is 0.571. The molecule has 0 bridgehead atoms. The molecule has 0 aliphatic carbocycles. The standard InChI is InChI=1S/C21H31BrN2O/c1-2-3-7-10-21(25)23-19-12-11-18-13-16-24(20(18)17-19)15-9-6-4-5-8-14-22/h11-13,16-17H,2-10,14-15H2,1H3,(H,23,25). The van der Waals surface area contributed by atoms with E-state index < -0.39 is 0 Å². The lowest BCUT2D eigenvalue weighted by atomic mass is 10.1. The molecule has 2 rings (SSSR count). The first-order valence-corrected chi connectivity index (χ1v) is 10.8. The maximum Gasteiger partial charge on any atom is 0.224 e. The van der Waals surface area contributed by atoms with E-state index in [4.69, 9.17) is 0 Å². The highest BCUT2D eigenvalue weighted by Crippen LogP contribution is 2.22. The summed E-state index contributed by atoms with van der Waals surface area (Å²) in [6, 6.07) is 8.37. The number of anilines is 1. The molecule has 1 amide bonds. The molecule has 0 aliphatic heterocycles. The minimum atomic E-state index is 0.123. The van der Waals surface area contributed by atoms with Crippen LogP contribution in [0.25, 0.3) is 10.9 Å².